The zero-order valence-corrected chi connectivity index (χ0v) is 17.8. The van der Waals surface area contributed by atoms with Crippen LogP contribution in [-0.2, 0) is 4.79 Å². The Balaban J connectivity index is 2.37. The van der Waals surface area contributed by atoms with Crippen LogP contribution in [0.3, 0.4) is 0 Å². The second-order valence-electron chi connectivity index (χ2n) is 6.91. The first kappa shape index (κ1) is 25.0. The molecular weight excluding hydrogens is 439 g/mol. The average molecular weight is 462 g/mol. The van der Waals surface area contributed by atoms with Crippen LogP contribution < -0.4 is 11.1 Å². The first-order valence-electron chi connectivity index (χ1n) is 9.63. The molecule has 0 aliphatic carbocycles. The second kappa shape index (κ2) is 12.0. The summed E-state index contributed by atoms with van der Waals surface area (Å²) in [5.74, 6) is -2.12. The standard InChI is InChI=1S/C23H22F3N3O2S/c24-18(8-9-29-13-30)21(28)3-1-2-17(14-4-5-16(12-27)19(25)10-14)23(32)15-6-7-22(31)20(26)11-15/h1-2,4-7,10-11,13,18,21,31-32H,3,8-9,28H2,(H,29,30)/b2-1+,23-17+. The fourth-order valence-corrected chi connectivity index (χ4v) is 3.22. The van der Waals surface area contributed by atoms with Gasteiger partial charge in [0.15, 0.2) is 11.6 Å². The molecule has 9 heteroatoms. The van der Waals surface area contributed by atoms with Gasteiger partial charge in [0.2, 0.25) is 6.41 Å². The van der Waals surface area contributed by atoms with Gasteiger partial charge in [-0.3, -0.25) is 4.79 Å². The fraction of sp³-hybridized carbons (Fsp3) is 0.217. The molecule has 32 heavy (non-hydrogen) atoms. The van der Waals surface area contributed by atoms with E-state index >= 15 is 0 Å². The van der Waals surface area contributed by atoms with Crippen molar-refractivity contribution in [1.29, 1.82) is 5.26 Å². The third kappa shape index (κ3) is 6.64. The molecule has 2 unspecified atom stereocenters. The van der Waals surface area contributed by atoms with Crippen molar-refractivity contribution < 1.29 is 23.1 Å². The van der Waals surface area contributed by atoms with Gasteiger partial charge in [0.05, 0.1) is 5.56 Å². The summed E-state index contributed by atoms with van der Waals surface area (Å²) in [5.41, 5.74) is 6.78. The minimum Gasteiger partial charge on any atom is -0.505 e. The van der Waals surface area contributed by atoms with E-state index in [0.29, 0.717) is 23.1 Å². The number of allylic oxidation sites excluding steroid dienone is 2. The van der Waals surface area contributed by atoms with Crippen LogP contribution in [0.15, 0.2) is 48.6 Å². The lowest BCUT2D eigenvalue weighted by Crippen LogP contribution is -2.33. The van der Waals surface area contributed by atoms with Crippen molar-refractivity contribution in [2.24, 2.45) is 5.73 Å². The Hall–Kier alpha value is -3.22. The van der Waals surface area contributed by atoms with E-state index in [1.165, 1.54) is 24.3 Å². The lowest BCUT2D eigenvalue weighted by atomic mass is 9.99. The van der Waals surface area contributed by atoms with Crippen LogP contribution in [0.5, 0.6) is 5.75 Å². The van der Waals surface area contributed by atoms with Crippen LogP contribution in [0.25, 0.3) is 10.5 Å². The number of nitrogens with zero attached hydrogens (tertiary/aromatic N) is 1. The van der Waals surface area contributed by atoms with E-state index in [-0.39, 0.29) is 29.9 Å². The molecule has 2 aromatic rings. The number of hydrogen-bond donors (Lipinski definition) is 4. The summed E-state index contributed by atoms with van der Waals surface area (Å²) in [7, 11) is 0. The Morgan fingerprint density at radius 1 is 1.22 bits per heavy atom. The number of carbonyl (C=O) groups excluding carboxylic acids is 1. The van der Waals surface area contributed by atoms with E-state index in [4.69, 9.17) is 11.0 Å². The summed E-state index contributed by atoms with van der Waals surface area (Å²) in [6, 6.07) is 8.55. The van der Waals surface area contributed by atoms with Gasteiger partial charge in [-0.1, -0.05) is 18.2 Å². The predicted octanol–water partition coefficient (Wildman–Crippen LogP) is 4.09. The van der Waals surface area contributed by atoms with E-state index in [2.05, 4.69) is 17.9 Å². The largest absolute Gasteiger partial charge is 0.505 e. The van der Waals surface area contributed by atoms with E-state index in [0.717, 1.165) is 12.1 Å². The maximum atomic E-state index is 14.2. The van der Waals surface area contributed by atoms with E-state index < -0.39 is 29.6 Å². The summed E-state index contributed by atoms with van der Waals surface area (Å²) in [4.78, 5) is 10.5. The highest BCUT2D eigenvalue weighted by atomic mass is 32.1. The Morgan fingerprint density at radius 2 is 1.91 bits per heavy atom. The molecule has 0 spiro atoms. The molecule has 2 rings (SSSR count). The molecule has 0 aromatic heterocycles. The Kier molecular flexibility index (Phi) is 9.38. The Labute approximate surface area is 189 Å². The number of alkyl halides is 1. The highest BCUT2D eigenvalue weighted by molar-refractivity contribution is 7.90. The number of aromatic hydroxyl groups is 1. The molecule has 5 nitrogen and oxygen atoms in total. The van der Waals surface area contributed by atoms with Gasteiger partial charge in [-0.05, 0) is 59.9 Å². The summed E-state index contributed by atoms with van der Waals surface area (Å²) in [6.07, 6.45) is 2.46. The number of benzene rings is 2. The smallest absolute Gasteiger partial charge is 0.207 e. The molecule has 4 N–H and O–H groups in total. The quantitative estimate of drug-likeness (QED) is 0.141. The third-order valence-corrected chi connectivity index (χ3v) is 5.18. The highest BCUT2D eigenvalue weighted by Gasteiger charge is 2.16. The molecule has 0 radical (unpaired) electrons. The topological polar surface area (TPSA) is 99.1 Å². The van der Waals surface area contributed by atoms with Gasteiger partial charge in [-0.25, -0.2) is 13.2 Å². The van der Waals surface area contributed by atoms with Gasteiger partial charge in [-0.2, -0.15) is 5.26 Å². The third-order valence-electron chi connectivity index (χ3n) is 4.68. The van der Waals surface area contributed by atoms with Crippen molar-refractivity contribution in [2.45, 2.75) is 25.1 Å². The van der Waals surface area contributed by atoms with Crippen LogP contribution in [-0.4, -0.2) is 30.3 Å². The average Bonchev–Trinajstić information content (AvgIpc) is 2.78. The molecule has 0 heterocycles. The number of thiol groups is 1. The van der Waals surface area contributed by atoms with Gasteiger partial charge in [-0.15, -0.1) is 12.6 Å². The Morgan fingerprint density at radius 3 is 2.53 bits per heavy atom. The number of nitrogens with two attached hydrogens (primary N) is 1. The molecule has 168 valence electrons. The predicted molar refractivity (Wildman–Crippen MR) is 120 cm³/mol. The van der Waals surface area contributed by atoms with Crippen LogP contribution >= 0.6 is 12.6 Å². The number of rotatable bonds is 10. The number of hydrogen-bond acceptors (Lipinski definition) is 5. The number of nitrogens with one attached hydrogen (secondary N) is 1. The van der Waals surface area contributed by atoms with Gasteiger partial charge < -0.3 is 16.2 Å². The number of phenols is 1. The minimum absolute atomic E-state index is 0.0574. The monoisotopic (exact) mass is 461 g/mol. The first-order chi connectivity index (χ1) is 15.3. The first-order valence-corrected chi connectivity index (χ1v) is 10.1. The Bertz CT molecular complexity index is 1070. The van der Waals surface area contributed by atoms with E-state index in [1.807, 2.05) is 0 Å². The zero-order valence-electron chi connectivity index (χ0n) is 16.9. The minimum atomic E-state index is -1.35. The molecule has 2 atom stereocenters. The van der Waals surface area contributed by atoms with Crippen molar-refractivity contribution in [3.63, 3.8) is 0 Å². The van der Waals surface area contributed by atoms with Crippen molar-refractivity contribution in [3.05, 3.63) is 76.9 Å². The number of nitriles is 1. The van der Waals surface area contributed by atoms with Crippen molar-refractivity contribution in [1.82, 2.24) is 5.32 Å². The van der Waals surface area contributed by atoms with Crippen LogP contribution in [0.2, 0.25) is 0 Å². The zero-order chi connectivity index (χ0) is 23.7. The van der Waals surface area contributed by atoms with Gasteiger partial charge in [0, 0.05) is 17.5 Å². The second-order valence-corrected chi connectivity index (χ2v) is 7.36. The van der Waals surface area contributed by atoms with E-state index in [9.17, 15) is 23.1 Å². The van der Waals surface area contributed by atoms with Gasteiger partial charge >= 0.3 is 0 Å². The maximum Gasteiger partial charge on any atom is 0.207 e. The molecule has 0 aliphatic heterocycles. The molecule has 0 bridgehead atoms. The molecule has 1 amide bonds. The van der Waals surface area contributed by atoms with Crippen LogP contribution in [0.4, 0.5) is 13.2 Å². The molecule has 0 saturated carbocycles. The number of halogens is 3. The summed E-state index contributed by atoms with van der Waals surface area (Å²) >= 11 is 4.46. The molecular formula is C23H22F3N3O2S. The maximum absolute atomic E-state index is 14.2. The molecule has 2 aromatic carbocycles. The molecule has 0 saturated heterocycles. The number of carbonyl (C=O) groups is 1. The van der Waals surface area contributed by atoms with E-state index in [1.54, 1.807) is 18.2 Å². The van der Waals surface area contributed by atoms with Crippen molar-refractivity contribution in [3.8, 4) is 11.8 Å². The van der Waals surface area contributed by atoms with Gasteiger partial charge in [0.25, 0.3) is 0 Å². The summed E-state index contributed by atoms with van der Waals surface area (Å²) in [6.45, 7) is 0.158. The van der Waals surface area contributed by atoms with Crippen molar-refractivity contribution in [2.75, 3.05) is 6.54 Å². The number of phenolic OH excluding ortho intramolecular Hbond substituents is 1. The highest BCUT2D eigenvalue weighted by Crippen LogP contribution is 2.33. The lowest BCUT2D eigenvalue weighted by Gasteiger charge is -2.15. The van der Waals surface area contributed by atoms with Gasteiger partial charge in [0.1, 0.15) is 18.1 Å². The summed E-state index contributed by atoms with van der Waals surface area (Å²) in [5, 5.41) is 20.7. The molecule has 0 fully saturated rings. The van der Waals surface area contributed by atoms with Crippen molar-refractivity contribution >= 4 is 29.5 Å². The SMILES string of the molecule is N#Cc1ccc(C(/C=C/CC(N)C(F)CCNC=O)=C(/S)c2ccc(O)c(F)c2)cc1F. The normalized spacial score (nSPS) is 13.9. The fourth-order valence-electron chi connectivity index (χ4n) is 2.88. The lowest BCUT2D eigenvalue weighted by molar-refractivity contribution is -0.109. The number of amides is 1. The summed E-state index contributed by atoms with van der Waals surface area (Å²) < 4.78 is 42.2. The molecule has 0 aliphatic rings. The van der Waals surface area contributed by atoms with Crippen LogP contribution in [0, 0.1) is 23.0 Å². The van der Waals surface area contributed by atoms with Crippen LogP contribution in [0.1, 0.15) is 29.5 Å².